The van der Waals surface area contributed by atoms with Crippen molar-refractivity contribution in [2.75, 3.05) is 0 Å². The highest BCUT2D eigenvalue weighted by Gasteiger charge is 2.08. The zero-order valence-corrected chi connectivity index (χ0v) is 11.0. The van der Waals surface area contributed by atoms with Crippen molar-refractivity contribution >= 4 is 28.4 Å². The Hall–Kier alpha value is -1.50. The van der Waals surface area contributed by atoms with E-state index >= 15 is 0 Å². The van der Waals surface area contributed by atoms with Gasteiger partial charge in [0.2, 0.25) is 0 Å². The Kier molecular flexibility index (Phi) is 3.68. The topological polar surface area (TPSA) is 52.0 Å². The van der Waals surface area contributed by atoms with Crippen LogP contribution in [0, 0.1) is 3.57 Å². The van der Waals surface area contributed by atoms with Crippen molar-refractivity contribution in [3.63, 3.8) is 0 Å². The fourth-order valence-corrected chi connectivity index (χ4v) is 1.88. The number of carbonyl (C=O) groups excluding carboxylic acids is 1. The minimum absolute atomic E-state index is 0.0205. The fraction of sp³-hybridized carbons (Fsp3) is 0.0833. The van der Waals surface area contributed by atoms with Crippen molar-refractivity contribution in [1.82, 2.24) is 9.55 Å². The predicted molar refractivity (Wildman–Crippen MR) is 72.0 cm³/mol. The van der Waals surface area contributed by atoms with Crippen molar-refractivity contribution in [2.45, 2.75) is 6.54 Å². The minimum Gasteiger partial charge on any atom is -0.292 e. The van der Waals surface area contributed by atoms with Gasteiger partial charge >= 0.3 is 0 Å². The molecule has 0 N–H and O–H groups in total. The van der Waals surface area contributed by atoms with Crippen molar-refractivity contribution in [3.8, 4) is 0 Å². The molecule has 86 valence electrons. The van der Waals surface area contributed by atoms with E-state index in [4.69, 9.17) is 0 Å². The highest BCUT2D eigenvalue weighted by Crippen LogP contribution is 2.01. The van der Waals surface area contributed by atoms with Gasteiger partial charge in [0.15, 0.2) is 5.78 Å². The van der Waals surface area contributed by atoms with Gasteiger partial charge in [-0.3, -0.25) is 14.2 Å². The summed E-state index contributed by atoms with van der Waals surface area (Å²) in [5.41, 5.74) is 0.406. The van der Waals surface area contributed by atoms with E-state index in [2.05, 4.69) is 4.98 Å². The monoisotopic (exact) mass is 340 g/mol. The second-order valence-corrected chi connectivity index (χ2v) is 4.63. The van der Waals surface area contributed by atoms with Crippen LogP contribution in [-0.2, 0) is 6.54 Å². The van der Waals surface area contributed by atoms with Gasteiger partial charge in [-0.05, 0) is 22.6 Å². The van der Waals surface area contributed by atoms with Crippen molar-refractivity contribution in [3.05, 3.63) is 62.3 Å². The first-order valence-corrected chi connectivity index (χ1v) is 6.04. The van der Waals surface area contributed by atoms with Gasteiger partial charge in [-0.2, -0.15) is 0 Å². The molecule has 0 radical (unpaired) electrons. The number of halogens is 1. The van der Waals surface area contributed by atoms with Gasteiger partial charge in [0, 0.05) is 11.8 Å². The van der Waals surface area contributed by atoms with Crippen LogP contribution in [0.25, 0.3) is 0 Å². The van der Waals surface area contributed by atoms with Crippen LogP contribution in [0.15, 0.2) is 47.7 Å². The van der Waals surface area contributed by atoms with E-state index in [-0.39, 0.29) is 17.9 Å². The van der Waals surface area contributed by atoms with Gasteiger partial charge in [-0.25, -0.2) is 4.98 Å². The minimum atomic E-state index is -0.190. The molecular weight excluding hydrogens is 331 g/mol. The molecule has 5 heteroatoms. The Morgan fingerprint density at radius 3 is 2.71 bits per heavy atom. The van der Waals surface area contributed by atoms with Gasteiger partial charge < -0.3 is 0 Å². The van der Waals surface area contributed by atoms with E-state index in [1.54, 1.807) is 24.3 Å². The maximum absolute atomic E-state index is 11.9. The summed E-state index contributed by atoms with van der Waals surface area (Å²) < 4.78 is 1.82. The summed E-state index contributed by atoms with van der Waals surface area (Å²) >= 11 is 1.90. The zero-order chi connectivity index (χ0) is 12.3. The average molecular weight is 340 g/mol. The van der Waals surface area contributed by atoms with Crippen LogP contribution in [0.4, 0.5) is 0 Å². The molecule has 0 aliphatic heterocycles. The van der Waals surface area contributed by atoms with Gasteiger partial charge in [-0.1, -0.05) is 30.3 Å². The van der Waals surface area contributed by atoms with Crippen molar-refractivity contribution in [2.24, 2.45) is 0 Å². The molecule has 4 nitrogen and oxygen atoms in total. The fourth-order valence-electron chi connectivity index (χ4n) is 1.41. The summed E-state index contributed by atoms with van der Waals surface area (Å²) in [5.74, 6) is -0.100. The normalized spacial score (nSPS) is 10.2. The smallest absolute Gasteiger partial charge is 0.267 e. The maximum Gasteiger partial charge on any atom is 0.267 e. The second-order valence-electron chi connectivity index (χ2n) is 3.46. The summed E-state index contributed by atoms with van der Waals surface area (Å²) in [5, 5.41) is 0. The third-order valence-electron chi connectivity index (χ3n) is 2.27. The molecule has 0 aliphatic rings. The van der Waals surface area contributed by atoms with Crippen LogP contribution in [0.5, 0.6) is 0 Å². The largest absolute Gasteiger partial charge is 0.292 e. The maximum atomic E-state index is 11.9. The number of aromatic nitrogens is 2. The summed E-state index contributed by atoms with van der Waals surface area (Å²) in [7, 11) is 0. The van der Waals surface area contributed by atoms with Crippen LogP contribution >= 0.6 is 22.6 Å². The lowest BCUT2D eigenvalue weighted by molar-refractivity contribution is 0.0970. The summed E-state index contributed by atoms with van der Waals surface area (Å²) in [6.07, 6.45) is 2.86. The Bertz CT molecular complexity index is 593. The van der Waals surface area contributed by atoms with E-state index in [9.17, 15) is 9.59 Å². The molecule has 0 unspecified atom stereocenters. The number of nitrogens with zero attached hydrogens (tertiary/aromatic N) is 2. The molecule has 1 aromatic heterocycles. The van der Waals surface area contributed by atoms with Gasteiger partial charge in [0.1, 0.15) is 0 Å². The number of benzene rings is 1. The lowest BCUT2D eigenvalue weighted by Gasteiger charge is -2.04. The van der Waals surface area contributed by atoms with Crippen LogP contribution in [-0.4, -0.2) is 15.3 Å². The predicted octanol–water partition coefficient (Wildman–Crippen LogP) is 1.73. The van der Waals surface area contributed by atoms with Gasteiger partial charge in [0.25, 0.3) is 5.56 Å². The van der Waals surface area contributed by atoms with Crippen molar-refractivity contribution in [1.29, 1.82) is 0 Å². The van der Waals surface area contributed by atoms with Crippen LogP contribution in [0.3, 0.4) is 0 Å². The highest BCUT2D eigenvalue weighted by atomic mass is 127. The lowest BCUT2D eigenvalue weighted by Crippen LogP contribution is -2.26. The number of carbonyl (C=O) groups is 1. The first-order valence-electron chi connectivity index (χ1n) is 4.96. The van der Waals surface area contributed by atoms with Crippen LogP contribution in [0.2, 0.25) is 0 Å². The molecule has 0 spiro atoms. The first-order chi connectivity index (χ1) is 8.18. The molecule has 0 saturated heterocycles. The first kappa shape index (κ1) is 12.0. The molecule has 0 fully saturated rings. The highest BCUT2D eigenvalue weighted by molar-refractivity contribution is 14.1. The number of rotatable bonds is 3. The van der Waals surface area contributed by atoms with E-state index in [0.717, 1.165) is 0 Å². The summed E-state index contributed by atoms with van der Waals surface area (Å²) in [6.45, 7) is 0.0205. The van der Waals surface area contributed by atoms with E-state index in [1.807, 2.05) is 28.7 Å². The van der Waals surface area contributed by atoms with E-state index in [0.29, 0.717) is 9.13 Å². The molecule has 2 rings (SSSR count). The molecule has 17 heavy (non-hydrogen) atoms. The molecule has 1 aromatic carbocycles. The van der Waals surface area contributed by atoms with Gasteiger partial charge in [-0.15, -0.1) is 0 Å². The Balaban J connectivity index is 2.25. The Morgan fingerprint density at radius 2 is 2.00 bits per heavy atom. The van der Waals surface area contributed by atoms with Gasteiger partial charge in [0.05, 0.1) is 16.4 Å². The summed E-state index contributed by atoms with van der Waals surface area (Å²) in [4.78, 5) is 27.5. The Labute approximate surface area is 111 Å². The zero-order valence-electron chi connectivity index (χ0n) is 8.84. The SMILES string of the molecule is O=C(Cn1cncc(I)c1=O)c1ccccc1. The van der Waals surface area contributed by atoms with Crippen molar-refractivity contribution < 1.29 is 4.79 Å². The summed E-state index contributed by atoms with van der Waals surface area (Å²) in [6, 6.07) is 8.89. The Morgan fingerprint density at radius 1 is 1.29 bits per heavy atom. The van der Waals surface area contributed by atoms with Crippen LogP contribution in [0.1, 0.15) is 10.4 Å². The third kappa shape index (κ3) is 2.79. The number of hydrogen-bond donors (Lipinski definition) is 0. The number of ketones is 1. The average Bonchev–Trinajstić information content (AvgIpc) is 2.36. The molecule has 0 saturated carbocycles. The molecule has 2 aromatic rings. The van der Waals surface area contributed by atoms with Crippen LogP contribution < -0.4 is 5.56 Å². The molecule has 0 amide bonds. The standard InChI is InChI=1S/C12H9IN2O2/c13-10-6-14-8-15(12(10)17)7-11(16)9-4-2-1-3-5-9/h1-6,8H,7H2. The molecule has 1 heterocycles. The lowest BCUT2D eigenvalue weighted by atomic mass is 10.1. The molecule has 0 atom stereocenters. The molecule has 0 aliphatic carbocycles. The van der Waals surface area contributed by atoms with E-state index < -0.39 is 0 Å². The number of hydrogen-bond acceptors (Lipinski definition) is 3. The van der Waals surface area contributed by atoms with E-state index in [1.165, 1.54) is 17.1 Å². The quantitative estimate of drug-likeness (QED) is 0.632. The second kappa shape index (κ2) is 5.22. The molecular formula is C12H9IN2O2. The third-order valence-corrected chi connectivity index (χ3v) is 3.01. The number of Topliss-reactive ketones (excluding diaryl/α,β-unsaturated/α-hetero) is 1. The molecule has 0 bridgehead atoms.